The Morgan fingerprint density at radius 3 is 0.812 bits per heavy atom. The van der Waals surface area contributed by atoms with Crippen molar-refractivity contribution < 1.29 is 80.2 Å². The molecule has 0 aliphatic heterocycles. The number of phosphoric ester groups is 2. The smallest absolute Gasteiger partial charge is 0.462 e. The van der Waals surface area contributed by atoms with Crippen LogP contribution in [0, 0.1) is 0 Å². The minimum Gasteiger partial charge on any atom is -0.462 e. The van der Waals surface area contributed by atoms with Crippen LogP contribution in [-0.4, -0.2) is 96.7 Å². The number of ether oxygens (including phenoxy) is 4. The van der Waals surface area contributed by atoms with Crippen molar-refractivity contribution in [1.29, 1.82) is 0 Å². The lowest BCUT2D eigenvalue weighted by Crippen LogP contribution is -2.30. The van der Waals surface area contributed by atoms with Crippen LogP contribution >= 0.6 is 15.6 Å². The predicted molar refractivity (Wildman–Crippen MR) is 390 cm³/mol. The molecule has 0 heterocycles. The van der Waals surface area contributed by atoms with Crippen molar-refractivity contribution in [3.63, 3.8) is 0 Å². The number of esters is 4. The zero-order valence-electron chi connectivity index (χ0n) is 61.3. The molecule has 96 heavy (non-hydrogen) atoms. The summed E-state index contributed by atoms with van der Waals surface area (Å²) in [5.41, 5.74) is 0. The number of allylic oxidation sites excluding steroid dienone is 8. The van der Waals surface area contributed by atoms with Gasteiger partial charge < -0.3 is 33.8 Å². The Balaban J connectivity index is 5.32. The average molecular weight is 1400 g/mol. The molecule has 0 saturated heterocycles. The number of hydrogen-bond donors (Lipinski definition) is 3. The molecule has 0 rings (SSSR count). The van der Waals surface area contributed by atoms with Crippen LogP contribution in [0.4, 0.5) is 0 Å². The highest BCUT2D eigenvalue weighted by Gasteiger charge is 2.30. The minimum absolute atomic E-state index is 0.0819. The van der Waals surface area contributed by atoms with Gasteiger partial charge in [-0.05, 0) is 109 Å². The number of rotatable bonds is 74. The molecule has 0 aromatic heterocycles. The van der Waals surface area contributed by atoms with Gasteiger partial charge in [0.15, 0.2) is 12.2 Å². The SMILES string of the molecule is CCCCC/C=C\C/C=C\CCCCCCCC(=O)O[C@H](COC(=O)CCCCCCC/C=C\CCCCCC)COP(=O)(O)OC[C@@H](O)COP(=O)(O)OC[C@@H](COC(=O)CCCCCCCCCCCCCCCCC)OC(=O)CCCCCCC/C=C\CCCCCC. The molecule has 5 atom stereocenters. The standard InChI is InChI=1S/C77H142O17P2/c1-5-9-13-17-21-25-29-33-35-39-42-46-50-54-58-62-75(80)88-68-72(93-76(81)63-59-55-51-47-43-38-32-28-24-20-16-12-8-4)69-91-95(83,84)89-65-71(78)66-90-96(85,86)92-70-73(67-87-74(79)61-57-53-49-45-41-37-31-27-23-19-15-11-7-3)94-77(82)64-60-56-52-48-44-40-36-34-30-26-22-18-14-10-6-2/h22,26-28,31-32,34,36,71-73,78H,5-21,23-25,29-30,33,35,37-70H2,1-4H3,(H,83,84)(H,85,86)/b26-22-,31-27-,32-28-,36-34-/t71-,72+,73+/m0/s1. The molecule has 17 nitrogen and oxygen atoms in total. The molecule has 0 bridgehead atoms. The van der Waals surface area contributed by atoms with Crippen LogP contribution in [0.5, 0.6) is 0 Å². The average Bonchev–Trinajstić information content (AvgIpc) is 1.29. The normalized spacial score (nSPS) is 14.2. The van der Waals surface area contributed by atoms with Crippen LogP contribution < -0.4 is 0 Å². The van der Waals surface area contributed by atoms with Crippen LogP contribution in [0.1, 0.15) is 362 Å². The van der Waals surface area contributed by atoms with Crippen LogP contribution in [0.25, 0.3) is 0 Å². The van der Waals surface area contributed by atoms with Crippen molar-refractivity contribution in [2.75, 3.05) is 39.6 Å². The molecule has 0 saturated carbocycles. The summed E-state index contributed by atoms with van der Waals surface area (Å²) in [6.07, 6.45) is 66.6. The van der Waals surface area contributed by atoms with E-state index in [4.69, 9.17) is 37.0 Å². The topological polar surface area (TPSA) is 237 Å². The first-order valence-electron chi connectivity index (χ1n) is 38.9. The zero-order valence-corrected chi connectivity index (χ0v) is 63.1. The van der Waals surface area contributed by atoms with Crippen molar-refractivity contribution in [2.45, 2.75) is 380 Å². The van der Waals surface area contributed by atoms with E-state index in [1.165, 1.54) is 141 Å². The minimum atomic E-state index is -4.97. The first-order valence-corrected chi connectivity index (χ1v) is 41.9. The number of carbonyl (C=O) groups excluding carboxylic acids is 4. The van der Waals surface area contributed by atoms with E-state index < -0.39 is 97.5 Å². The van der Waals surface area contributed by atoms with Crippen molar-refractivity contribution in [3.05, 3.63) is 48.6 Å². The van der Waals surface area contributed by atoms with Crippen molar-refractivity contribution in [1.82, 2.24) is 0 Å². The summed E-state index contributed by atoms with van der Waals surface area (Å²) in [6, 6.07) is 0. The molecule has 2 unspecified atom stereocenters. The van der Waals surface area contributed by atoms with Crippen molar-refractivity contribution in [3.8, 4) is 0 Å². The van der Waals surface area contributed by atoms with Crippen LogP contribution in [0.3, 0.4) is 0 Å². The maximum atomic E-state index is 13.1. The third kappa shape index (κ3) is 69.5. The molecule has 0 amide bonds. The fraction of sp³-hybridized carbons (Fsp3) is 0.844. The molecule has 3 N–H and O–H groups in total. The highest BCUT2D eigenvalue weighted by molar-refractivity contribution is 7.47. The molecular formula is C77H142O17P2. The summed E-state index contributed by atoms with van der Waals surface area (Å²) in [5.74, 6) is -2.17. The van der Waals surface area contributed by atoms with E-state index in [0.717, 1.165) is 141 Å². The fourth-order valence-electron chi connectivity index (χ4n) is 10.8. The third-order valence-electron chi connectivity index (χ3n) is 16.8. The summed E-state index contributed by atoms with van der Waals surface area (Å²) in [5, 5.41) is 10.6. The van der Waals surface area contributed by atoms with E-state index in [-0.39, 0.29) is 25.7 Å². The van der Waals surface area contributed by atoms with Crippen LogP contribution in [-0.2, 0) is 65.4 Å². The van der Waals surface area contributed by atoms with Gasteiger partial charge in [0.2, 0.25) is 0 Å². The Kier molecular flexibility index (Phi) is 68.3. The summed E-state index contributed by atoms with van der Waals surface area (Å²) < 4.78 is 68.5. The van der Waals surface area contributed by atoms with Crippen molar-refractivity contribution >= 4 is 39.5 Å². The molecule has 0 aliphatic rings. The van der Waals surface area contributed by atoms with Gasteiger partial charge in [-0.2, -0.15) is 0 Å². The van der Waals surface area contributed by atoms with Crippen molar-refractivity contribution in [2.24, 2.45) is 0 Å². The largest absolute Gasteiger partial charge is 0.472 e. The van der Waals surface area contributed by atoms with E-state index >= 15 is 0 Å². The number of aliphatic hydroxyl groups excluding tert-OH is 1. The molecular weight excluding hydrogens is 1260 g/mol. The summed E-state index contributed by atoms with van der Waals surface area (Å²) in [6.45, 7) is 4.85. The van der Waals surface area contributed by atoms with Gasteiger partial charge in [0.1, 0.15) is 19.3 Å². The monoisotopic (exact) mass is 1400 g/mol. The Hall–Kier alpha value is -2.98. The molecule has 0 aliphatic carbocycles. The second-order valence-electron chi connectivity index (χ2n) is 26.3. The first kappa shape index (κ1) is 93.0. The van der Waals surface area contributed by atoms with Crippen LogP contribution in [0.15, 0.2) is 48.6 Å². The molecule has 562 valence electrons. The number of unbranched alkanes of at least 4 members (excludes halogenated alkanes) is 40. The van der Waals surface area contributed by atoms with E-state index in [1.807, 2.05) is 0 Å². The van der Waals surface area contributed by atoms with Gasteiger partial charge in [-0.15, -0.1) is 0 Å². The Bertz CT molecular complexity index is 2010. The van der Waals surface area contributed by atoms with E-state index in [2.05, 4.69) is 76.3 Å². The first-order chi connectivity index (χ1) is 46.7. The molecule has 19 heteroatoms. The van der Waals surface area contributed by atoms with E-state index in [0.29, 0.717) is 25.7 Å². The van der Waals surface area contributed by atoms with E-state index in [9.17, 15) is 43.2 Å². The number of hydrogen-bond acceptors (Lipinski definition) is 15. The lowest BCUT2D eigenvalue weighted by molar-refractivity contribution is -0.161. The summed E-state index contributed by atoms with van der Waals surface area (Å²) in [4.78, 5) is 72.8. The molecule has 0 spiro atoms. The van der Waals surface area contributed by atoms with E-state index in [1.54, 1.807) is 0 Å². The second kappa shape index (κ2) is 70.5. The van der Waals surface area contributed by atoms with Gasteiger partial charge in [0.25, 0.3) is 0 Å². The molecule has 0 fully saturated rings. The quantitative estimate of drug-likeness (QED) is 0.0169. The lowest BCUT2D eigenvalue weighted by atomic mass is 10.0. The Morgan fingerprint density at radius 2 is 0.510 bits per heavy atom. The summed E-state index contributed by atoms with van der Waals surface area (Å²) >= 11 is 0. The second-order valence-corrected chi connectivity index (χ2v) is 29.2. The van der Waals surface area contributed by atoms with Gasteiger partial charge in [-0.3, -0.25) is 37.3 Å². The third-order valence-corrected chi connectivity index (χ3v) is 18.7. The number of phosphoric acid groups is 2. The zero-order chi connectivity index (χ0) is 70.4. The Morgan fingerprint density at radius 1 is 0.292 bits per heavy atom. The predicted octanol–water partition coefficient (Wildman–Crippen LogP) is 22.1. The number of aliphatic hydroxyl groups is 1. The Labute approximate surface area is 585 Å². The number of carbonyl (C=O) groups is 4. The lowest BCUT2D eigenvalue weighted by Gasteiger charge is -2.21. The summed E-state index contributed by atoms with van der Waals surface area (Å²) in [7, 11) is -9.94. The molecule has 0 aromatic carbocycles. The van der Waals surface area contributed by atoms with Gasteiger partial charge in [0, 0.05) is 25.7 Å². The van der Waals surface area contributed by atoms with Gasteiger partial charge in [0.05, 0.1) is 26.4 Å². The maximum Gasteiger partial charge on any atom is 0.472 e. The molecule has 0 aromatic rings. The van der Waals surface area contributed by atoms with Gasteiger partial charge in [-0.1, -0.05) is 275 Å². The highest BCUT2D eigenvalue weighted by atomic mass is 31.2. The van der Waals surface area contributed by atoms with Gasteiger partial charge in [-0.25, -0.2) is 9.13 Å². The maximum absolute atomic E-state index is 13.1. The fourth-order valence-corrected chi connectivity index (χ4v) is 12.3. The van der Waals surface area contributed by atoms with Gasteiger partial charge >= 0.3 is 39.5 Å². The van der Waals surface area contributed by atoms with Crippen LogP contribution in [0.2, 0.25) is 0 Å². The molecule has 0 radical (unpaired) electrons. The highest BCUT2D eigenvalue weighted by Crippen LogP contribution is 2.45.